The number of nitrogens with one attached hydrogen (secondary N) is 1. The first-order chi connectivity index (χ1) is 14.3. The molecule has 7 heteroatoms. The van der Waals surface area contributed by atoms with Crippen molar-refractivity contribution in [1.82, 2.24) is 19.9 Å². The monoisotopic (exact) mass is 417 g/mol. The molecule has 0 bridgehead atoms. The quantitative estimate of drug-likeness (QED) is 0.336. The van der Waals surface area contributed by atoms with Crippen molar-refractivity contribution in [3.63, 3.8) is 0 Å². The van der Waals surface area contributed by atoms with Gasteiger partial charge in [-0.05, 0) is 63.1 Å². The minimum absolute atomic E-state index is 0.308. The normalized spacial score (nSPS) is 11.8. The Hall–Kier alpha value is -1.70. The van der Waals surface area contributed by atoms with Crippen molar-refractivity contribution in [3.8, 4) is 0 Å². The molecular formula is C22H35N5OS. The molecule has 0 aromatic carbocycles. The number of aliphatic hydroxyl groups is 1. The van der Waals surface area contributed by atoms with Crippen molar-refractivity contribution in [2.24, 2.45) is 0 Å². The average molecular weight is 418 g/mol. The van der Waals surface area contributed by atoms with Gasteiger partial charge >= 0.3 is 0 Å². The summed E-state index contributed by atoms with van der Waals surface area (Å²) in [6, 6.07) is 2.05. The van der Waals surface area contributed by atoms with Gasteiger partial charge in [0.25, 0.3) is 0 Å². The van der Waals surface area contributed by atoms with E-state index in [1.807, 2.05) is 6.07 Å². The number of aliphatic hydroxyl groups excluding tert-OH is 1. The van der Waals surface area contributed by atoms with E-state index in [-0.39, 0.29) is 0 Å². The zero-order valence-corrected chi connectivity index (χ0v) is 18.4. The van der Waals surface area contributed by atoms with E-state index >= 15 is 0 Å². The van der Waals surface area contributed by atoms with Crippen LogP contribution < -0.4 is 11.1 Å². The molecule has 0 saturated heterocycles. The fourth-order valence-corrected chi connectivity index (χ4v) is 4.67. The fourth-order valence-electron chi connectivity index (χ4n) is 3.79. The lowest BCUT2D eigenvalue weighted by atomic mass is 10.2. The van der Waals surface area contributed by atoms with Crippen LogP contribution in [0.15, 0.2) is 11.4 Å². The van der Waals surface area contributed by atoms with Gasteiger partial charge in [0, 0.05) is 19.6 Å². The molecule has 0 atom stereocenters. The van der Waals surface area contributed by atoms with E-state index in [9.17, 15) is 0 Å². The number of unbranched alkanes of at least 4 members (excludes halogenated alkanes) is 5. The van der Waals surface area contributed by atoms with Crippen molar-refractivity contribution in [3.05, 3.63) is 17.3 Å². The maximum Gasteiger partial charge on any atom is 0.152 e. The van der Waals surface area contributed by atoms with Gasteiger partial charge in [0.15, 0.2) is 5.82 Å². The number of fused-ring (bicyclic) bond motifs is 3. The highest BCUT2D eigenvalue weighted by Crippen LogP contribution is 2.32. The molecule has 0 spiro atoms. The Morgan fingerprint density at radius 1 is 1.07 bits per heavy atom. The molecular weight excluding hydrogens is 382 g/mol. The number of pyridine rings is 1. The maximum atomic E-state index is 8.80. The molecule has 0 fully saturated rings. The van der Waals surface area contributed by atoms with Gasteiger partial charge in [-0.1, -0.05) is 19.8 Å². The second-order valence-electron chi connectivity index (χ2n) is 7.71. The molecule has 6 nitrogen and oxygen atoms in total. The molecule has 0 aliphatic heterocycles. The number of imidazole rings is 1. The molecule has 0 radical (unpaired) electrons. The summed E-state index contributed by atoms with van der Waals surface area (Å²) < 4.78 is 3.61. The van der Waals surface area contributed by atoms with Crippen LogP contribution in [-0.4, -0.2) is 39.3 Å². The summed E-state index contributed by atoms with van der Waals surface area (Å²) in [6.07, 6.45) is 10.00. The molecule has 3 aromatic heterocycles. The number of nitrogens with zero attached hydrogens (tertiary/aromatic N) is 3. The third-order valence-electron chi connectivity index (χ3n) is 5.39. The van der Waals surface area contributed by atoms with E-state index in [4.69, 9.17) is 15.8 Å². The highest BCUT2D eigenvalue weighted by Gasteiger charge is 2.17. The molecule has 160 valence electrons. The van der Waals surface area contributed by atoms with Crippen LogP contribution in [0.5, 0.6) is 0 Å². The van der Waals surface area contributed by atoms with Gasteiger partial charge in [0.1, 0.15) is 11.3 Å². The Kier molecular flexibility index (Phi) is 8.70. The average Bonchev–Trinajstić information content (AvgIpc) is 3.32. The molecule has 3 rings (SSSR count). The minimum atomic E-state index is 0.308. The van der Waals surface area contributed by atoms with Gasteiger partial charge < -0.3 is 20.7 Å². The summed E-state index contributed by atoms with van der Waals surface area (Å²) >= 11 is 1.73. The predicted octanol–water partition coefficient (Wildman–Crippen LogP) is 4.49. The molecule has 0 aliphatic rings. The number of hydrogen-bond acceptors (Lipinski definition) is 6. The highest BCUT2D eigenvalue weighted by atomic mass is 32.1. The SMILES string of the molecule is CCCCc1nc2c(N)nc3ccsc3c2n1CCCCCNCCCCCO. The Morgan fingerprint density at radius 2 is 1.86 bits per heavy atom. The summed E-state index contributed by atoms with van der Waals surface area (Å²) in [6.45, 7) is 5.64. The third-order valence-corrected chi connectivity index (χ3v) is 6.30. The van der Waals surface area contributed by atoms with Crippen LogP contribution in [0.3, 0.4) is 0 Å². The van der Waals surface area contributed by atoms with Crippen LogP contribution in [-0.2, 0) is 13.0 Å². The lowest BCUT2D eigenvalue weighted by Crippen LogP contribution is -2.16. The van der Waals surface area contributed by atoms with E-state index in [1.54, 1.807) is 11.3 Å². The number of rotatable bonds is 14. The van der Waals surface area contributed by atoms with Gasteiger partial charge in [-0.2, -0.15) is 0 Å². The summed E-state index contributed by atoms with van der Waals surface area (Å²) in [5, 5.41) is 14.4. The van der Waals surface area contributed by atoms with Crippen molar-refractivity contribution < 1.29 is 5.11 Å². The van der Waals surface area contributed by atoms with E-state index in [0.29, 0.717) is 12.4 Å². The number of aryl methyl sites for hydroxylation is 2. The Morgan fingerprint density at radius 3 is 2.62 bits per heavy atom. The van der Waals surface area contributed by atoms with Crippen molar-refractivity contribution >= 4 is 38.4 Å². The molecule has 0 aliphatic carbocycles. The largest absolute Gasteiger partial charge is 0.396 e. The number of nitrogen functional groups attached to an aromatic ring is 1. The number of thiophene rings is 1. The molecule has 29 heavy (non-hydrogen) atoms. The minimum Gasteiger partial charge on any atom is -0.396 e. The fraction of sp³-hybridized carbons (Fsp3) is 0.636. The first-order valence-electron chi connectivity index (χ1n) is 11.1. The van der Waals surface area contributed by atoms with E-state index < -0.39 is 0 Å². The van der Waals surface area contributed by atoms with E-state index in [2.05, 4.69) is 27.2 Å². The number of hydrogen-bond donors (Lipinski definition) is 3. The summed E-state index contributed by atoms with van der Waals surface area (Å²) in [5.41, 5.74) is 9.27. The van der Waals surface area contributed by atoms with Crippen LogP contribution in [0.4, 0.5) is 5.82 Å². The highest BCUT2D eigenvalue weighted by molar-refractivity contribution is 7.18. The first kappa shape index (κ1) is 22.0. The smallest absolute Gasteiger partial charge is 0.152 e. The van der Waals surface area contributed by atoms with Gasteiger partial charge in [-0.25, -0.2) is 9.97 Å². The molecule has 0 amide bonds. The van der Waals surface area contributed by atoms with E-state index in [1.165, 1.54) is 23.1 Å². The molecule has 0 saturated carbocycles. The lowest BCUT2D eigenvalue weighted by Gasteiger charge is -2.10. The van der Waals surface area contributed by atoms with Gasteiger partial charge in [0.2, 0.25) is 0 Å². The van der Waals surface area contributed by atoms with Crippen LogP contribution in [0, 0.1) is 0 Å². The maximum absolute atomic E-state index is 8.80. The third kappa shape index (κ3) is 5.68. The van der Waals surface area contributed by atoms with Crippen molar-refractivity contribution in [1.29, 1.82) is 0 Å². The standard InChI is InChI=1S/C22H35N5OS/c1-2-3-10-18-26-19-20(21-17(11-16-29-21)25-22(19)23)27(18)14-8-4-6-12-24-13-7-5-9-15-28/h11,16,24,28H,2-10,12-15H2,1H3,(H2,23,25). The van der Waals surface area contributed by atoms with Crippen LogP contribution in [0.1, 0.15) is 64.1 Å². The zero-order valence-electron chi connectivity index (χ0n) is 17.6. The van der Waals surface area contributed by atoms with Crippen LogP contribution in [0.25, 0.3) is 21.3 Å². The zero-order chi connectivity index (χ0) is 20.5. The molecule has 4 N–H and O–H groups in total. The Labute approximate surface area is 177 Å². The summed E-state index contributed by atoms with van der Waals surface area (Å²) in [4.78, 5) is 9.44. The van der Waals surface area contributed by atoms with Gasteiger partial charge in [-0.3, -0.25) is 0 Å². The Balaban J connectivity index is 1.60. The number of anilines is 1. The predicted molar refractivity (Wildman–Crippen MR) is 124 cm³/mol. The number of aromatic nitrogens is 3. The first-order valence-corrected chi connectivity index (χ1v) is 12.0. The van der Waals surface area contributed by atoms with Gasteiger partial charge in [0.05, 0.1) is 15.7 Å². The van der Waals surface area contributed by atoms with E-state index in [0.717, 1.165) is 81.4 Å². The summed E-state index contributed by atoms with van der Waals surface area (Å²) in [5.74, 6) is 1.70. The van der Waals surface area contributed by atoms with Gasteiger partial charge in [-0.15, -0.1) is 11.3 Å². The second kappa shape index (κ2) is 11.5. The second-order valence-corrected chi connectivity index (χ2v) is 8.62. The van der Waals surface area contributed by atoms with Crippen molar-refractivity contribution in [2.45, 2.75) is 71.3 Å². The van der Waals surface area contributed by atoms with Crippen LogP contribution in [0.2, 0.25) is 0 Å². The topological polar surface area (TPSA) is 89.0 Å². The molecule has 0 unspecified atom stereocenters. The number of nitrogens with two attached hydrogens (primary N) is 1. The summed E-state index contributed by atoms with van der Waals surface area (Å²) in [7, 11) is 0. The Bertz CT molecular complexity index is 888. The van der Waals surface area contributed by atoms with Crippen molar-refractivity contribution in [2.75, 3.05) is 25.4 Å². The van der Waals surface area contributed by atoms with Crippen LogP contribution >= 0.6 is 11.3 Å². The molecule has 3 aromatic rings. The lowest BCUT2D eigenvalue weighted by molar-refractivity contribution is 0.283. The molecule has 3 heterocycles.